The fourth-order valence-corrected chi connectivity index (χ4v) is 10.4. The summed E-state index contributed by atoms with van der Waals surface area (Å²) in [6, 6.07) is 70.1. The smallest absolute Gasteiger partial charge is 0.248 e. The third kappa shape index (κ3) is 3.74. The number of nitrogens with zero attached hydrogens (tertiary/aromatic N) is 2. The zero-order chi connectivity index (χ0) is 34.7. The Morgan fingerprint density at radius 3 is 1.70 bits per heavy atom. The van der Waals surface area contributed by atoms with Gasteiger partial charge in [-0.1, -0.05) is 145 Å². The average molecular weight is 673 g/mol. The molecule has 0 atom stereocenters. The molecule has 0 aliphatic carbocycles. The van der Waals surface area contributed by atoms with Crippen molar-refractivity contribution < 1.29 is 0 Å². The molecule has 9 aromatic rings. The van der Waals surface area contributed by atoms with Crippen LogP contribution in [0.5, 0.6) is 0 Å². The van der Waals surface area contributed by atoms with Gasteiger partial charge in [-0.25, -0.2) is 0 Å². The standard InChI is InChI=1S/C50H33BN2/c1-5-16-35(17-6-1)50(36-18-7-2-8-19-36)42-24-13-15-33-31-34-27-29-40-41-32-39(52(37-20-9-3-10-21-37)38-22-11-4-12-23-38)28-30-44(41)53-45-26-14-25-43(50)48(45)51(46(33)42)47(34)49(40)53/h1-30,32H,31H2. The van der Waals surface area contributed by atoms with Crippen LogP contribution in [0.1, 0.15) is 33.4 Å². The Morgan fingerprint density at radius 1 is 0.453 bits per heavy atom. The van der Waals surface area contributed by atoms with E-state index in [2.05, 4.69) is 198 Å². The van der Waals surface area contributed by atoms with E-state index in [-0.39, 0.29) is 6.71 Å². The van der Waals surface area contributed by atoms with Gasteiger partial charge >= 0.3 is 0 Å². The van der Waals surface area contributed by atoms with Crippen LogP contribution in [-0.2, 0) is 11.8 Å². The van der Waals surface area contributed by atoms with E-state index in [0.29, 0.717) is 0 Å². The van der Waals surface area contributed by atoms with Crippen molar-refractivity contribution in [1.29, 1.82) is 0 Å². The molecule has 0 amide bonds. The number of rotatable bonds is 5. The minimum atomic E-state index is -0.458. The molecule has 3 aliphatic heterocycles. The van der Waals surface area contributed by atoms with E-state index in [9.17, 15) is 0 Å². The van der Waals surface area contributed by atoms with Gasteiger partial charge in [-0.2, -0.15) is 0 Å². The summed E-state index contributed by atoms with van der Waals surface area (Å²) in [4.78, 5) is 2.38. The molecule has 53 heavy (non-hydrogen) atoms. The number of aromatic nitrogens is 1. The highest BCUT2D eigenvalue weighted by Gasteiger charge is 2.52. The molecular formula is C50H33BN2. The van der Waals surface area contributed by atoms with Crippen LogP contribution in [0.25, 0.3) is 27.5 Å². The molecule has 0 unspecified atom stereocenters. The van der Waals surface area contributed by atoms with E-state index < -0.39 is 5.41 Å². The predicted octanol–water partition coefficient (Wildman–Crippen LogP) is 9.68. The van der Waals surface area contributed by atoms with Gasteiger partial charge in [-0.15, -0.1) is 0 Å². The Morgan fingerprint density at radius 2 is 1.04 bits per heavy atom. The summed E-state index contributed by atoms with van der Waals surface area (Å²) in [5.74, 6) is 0. The number of anilines is 3. The summed E-state index contributed by atoms with van der Waals surface area (Å²) < 4.78 is 2.61. The third-order valence-corrected chi connectivity index (χ3v) is 12.3. The van der Waals surface area contributed by atoms with Crippen molar-refractivity contribution in [3.63, 3.8) is 0 Å². The maximum atomic E-state index is 2.61. The van der Waals surface area contributed by atoms with Crippen LogP contribution in [-0.4, -0.2) is 11.3 Å². The van der Waals surface area contributed by atoms with Crippen LogP contribution in [0.15, 0.2) is 188 Å². The summed E-state index contributed by atoms with van der Waals surface area (Å²) in [6.07, 6.45) is 0.935. The zero-order valence-electron chi connectivity index (χ0n) is 29.1. The topological polar surface area (TPSA) is 8.17 Å². The lowest BCUT2D eigenvalue weighted by Crippen LogP contribution is -2.67. The number of para-hydroxylation sites is 2. The van der Waals surface area contributed by atoms with Crippen LogP contribution >= 0.6 is 0 Å². The Bertz CT molecular complexity index is 2830. The van der Waals surface area contributed by atoms with Gasteiger partial charge in [0.15, 0.2) is 0 Å². The minimum Gasteiger partial charge on any atom is -0.310 e. The van der Waals surface area contributed by atoms with Crippen LogP contribution in [0.2, 0.25) is 0 Å². The minimum absolute atomic E-state index is 0.168. The predicted molar refractivity (Wildman–Crippen MR) is 221 cm³/mol. The summed E-state index contributed by atoms with van der Waals surface area (Å²) in [7, 11) is 0. The zero-order valence-corrected chi connectivity index (χ0v) is 29.1. The SMILES string of the molecule is c1ccc(N(c2ccccc2)c2ccc3c(c2)c2ccc4c5c2n3-c2cccc3c2B5c2c(cccc2C3(c2ccccc2)c2ccccc2)C4)cc1. The van der Waals surface area contributed by atoms with Crippen molar-refractivity contribution in [1.82, 2.24) is 4.57 Å². The first kappa shape index (κ1) is 29.0. The van der Waals surface area contributed by atoms with Crippen molar-refractivity contribution in [2.75, 3.05) is 4.90 Å². The second-order valence-electron chi connectivity index (χ2n) is 14.8. The number of hydrogen-bond donors (Lipinski definition) is 0. The second-order valence-corrected chi connectivity index (χ2v) is 14.8. The van der Waals surface area contributed by atoms with Crippen LogP contribution in [0, 0.1) is 0 Å². The van der Waals surface area contributed by atoms with Gasteiger partial charge in [0.05, 0.1) is 10.9 Å². The number of fused-ring (bicyclic) bond motifs is 4. The highest BCUT2D eigenvalue weighted by atomic mass is 15.1. The monoisotopic (exact) mass is 672 g/mol. The van der Waals surface area contributed by atoms with Gasteiger partial charge in [0.25, 0.3) is 0 Å². The summed E-state index contributed by atoms with van der Waals surface area (Å²) in [5.41, 5.74) is 19.6. The van der Waals surface area contributed by atoms with Gasteiger partial charge in [-0.05, 0) is 99.3 Å². The lowest BCUT2D eigenvalue weighted by Gasteiger charge is -2.48. The number of benzene rings is 8. The maximum absolute atomic E-state index is 2.61. The Kier molecular flexibility index (Phi) is 5.88. The molecule has 3 aliphatic rings. The Balaban J connectivity index is 1.20. The van der Waals surface area contributed by atoms with E-state index in [1.165, 1.54) is 77.3 Å². The maximum Gasteiger partial charge on any atom is 0.248 e. The lowest BCUT2D eigenvalue weighted by atomic mass is 9.27. The van der Waals surface area contributed by atoms with E-state index in [1.807, 2.05) is 0 Å². The van der Waals surface area contributed by atoms with E-state index in [4.69, 9.17) is 0 Å². The highest BCUT2D eigenvalue weighted by molar-refractivity contribution is 7.00. The largest absolute Gasteiger partial charge is 0.310 e. The van der Waals surface area contributed by atoms with Gasteiger partial charge in [-0.3, -0.25) is 0 Å². The average Bonchev–Trinajstić information content (AvgIpc) is 3.56. The first-order valence-electron chi connectivity index (χ1n) is 18.7. The molecule has 8 aromatic carbocycles. The number of hydrogen-bond acceptors (Lipinski definition) is 1. The van der Waals surface area contributed by atoms with Gasteiger partial charge in [0.1, 0.15) is 0 Å². The lowest BCUT2D eigenvalue weighted by molar-refractivity contribution is 0.748. The molecule has 0 radical (unpaired) electrons. The molecule has 0 saturated carbocycles. The van der Waals surface area contributed by atoms with Crippen LogP contribution in [0.3, 0.4) is 0 Å². The highest BCUT2D eigenvalue weighted by Crippen LogP contribution is 2.49. The third-order valence-electron chi connectivity index (χ3n) is 12.3. The van der Waals surface area contributed by atoms with E-state index in [1.54, 1.807) is 0 Å². The van der Waals surface area contributed by atoms with Gasteiger partial charge in [0, 0.05) is 39.0 Å². The molecule has 1 aromatic heterocycles. The fraction of sp³-hybridized carbons (Fsp3) is 0.0400. The molecule has 0 N–H and O–H groups in total. The van der Waals surface area contributed by atoms with Gasteiger partial charge < -0.3 is 9.47 Å². The molecule has 0 saturated heterocycles. The second kappa shape index (κ2) is 10.7. The van der Waals surface area contributed by atoms with Crippen molar-refractivity contribution in [2.45, 2.75) is 11.8 Å². The van der Waals surface area contributed by atoms with Crippen molar-refractivity contribution in [3.05, 3.63) is 221 Å². The molecule has 0 bridgehead atoms. The van der Waals surface area contributed by atoms with Crippen molar-refractivity contribution >= 4 is 62.0 Å². The molecule has 0 fully saturated rings. The summed E-state index contributed by atoms with van der Waals surface area (Å²) in [5, 5.41) is 2.60. The van der Waals surface area contributed by atoms with Gasteiger partial charge in [0.2, 0.25) is 6.71 Å². The fourth-order valence-electron chi connectivity index (χ4n) is 10.4. The molecule has 246 valence electrons. The van der Waals surface area contributed by atoms with Crippen molar-refractivity contribution in [3.8, 4) is 5.69 Å². The first-order valence-corrected chi connectivity index (χ1v) is 18.7. The normalized spacial score (nSPS) is 14.1. The van der Waals surface area contributed by atoms with E-state index in [0.717, 1.165) is 23.5 Å². The van der Waals surface area contributed by atoms with Crippen molar-refractivity contribution in [2.24, 2.45) is 0 Å². The molecular weight excluding hydrogens is 639 g/mol. The van der Waals surface area contributed by atoms with E-state index >= 15 is 0 Å². The van der Waals surface area contributed by atoms with Crippen LogP contribution in [0.4, 0.5) is 17.1 Å². The molecule has 2 nitrogen and oxygen atoms in total. The Hall–Kier alpha value is -6.58. The molecule has 0 spiro atoms. The molecule has 4 heterocycles. The summed E-state index contributed by atoms with van der Waals surface area (Å²) in [6.45, 7) is 0.168. The molecule has 3 heteroatoms. The van der Waals surface area contributed by atoms with Crippen LogP contribution < -0.4 is 21.3 Å². The Labute approximate surface area is 309 Å². The quantitative estimate of drug-likeness (QED) is 0.165. The molecule has 12 rings (SSSR count). The summed E-state index contributed by atoms with van der Waals surface area (Å²) >= 11 is 0. The first-order chi connectivity index (χ1) is 26.3.